The van der Waals surface area contributed by atoms with Gasteiger partial charge in [-0.2, -0.15) is 0 Å². The van der Waals surface area contributed by atoms with E-state index in [0.29, 0.717) is 30.7 Å². The van der Waals surface area contributed by atoms with Crippen molar-refractivity contribution >= 4 is 11.6 Å². The molecule has 1 saturated carbocycles. The van der Waals surface area contributed by atoms with Crippen LogP contribution in [0, 0.1) is 35.5 Å². The number of hydrogen-bond acceptors (Lipinski definition) is 3. The van der Waals surface area contributed by atoms with Crippen LogP contribution in [0.15, 0.2) is 18.2 Å². The number of carbonyl (C=O) groups excluding carboxylic acids is 2. The molecule has 0 bridgehead atoms. The summed E-state index contributed by atoms with van der Waals surface area (Å²) in [5.74, 6) is 3.71. The van der Waals surface area contributed by atoms with Crippen LogP contribution in [-0.4, -0.2) is 16.7 Å². The van der Waals surface area contributed by atoms with Crippen molar-refractivity contribution in [2.45, 2.75) is 52.4 Å². The molecular weight excluding hydrogens is 312 g/mol. The van der Waals surface area contributed by atoms with Gasteiger partial charge in [-0.05, 0) is 54.7 Å². The van der Waals surface area contributed by atoms with E-state index < -0.39 is 5.41 Å². The molecule has 0 saturated heterocycles. The molecule has 3 rings (SSSR count). The van der Waals surface area contributed by atoms with Gasteiger partial charge in [-0.15, -0.1) is 6.42 Å². The first kappa shape index (κ1) is 17.7. The van der Waals surface area contributed by atoms with Gasteiger partial charge >= 0.3 is 0 Å². The van der Waals surface area contributed by atoms with Gasteiger partial charge in [0, 0.05) is 18.4 Å². The van der Waals surface area contributed by atoms with Crippen LogP contribution in [0.25, 0.3) is 0 Å². The number of rotatable bonds is 3. The molecule has 132 valence electrons. The molecular formula is C22H26O3. The molecule has 1 fully saturated rings. The zero-order valence-electron chi connectivity index (χ0n) is 15.0. The van der Waals surface area contributed by atoms with E-state index in [0.717, 1.165) is 24.8 Å². The summed E-state index contributed by atoms with van der Waals surface area (Å²) >= 11 is 0. The molecule has 4 atom stereocenters. The van der Waals surface area contributed by atoms with E-state index >= 15 is 0 Å². The van der Waals surface area contributed by atoms with Gasteiger partial charge in [-0.1, -0.05) is 32.3 Å². The number of fused-ring (bicyclic) bond motifs is 1. The highest BCUT2D eigenvalue weighted by atomic mass is 16.3. The first-order valence-corrected chi connectivity index (χ1v) is 9.33. The van der Waals surface area contributed by atoms with Gasteiger partial charge in [0.15, 0.2) is 11.6 Å². The predicted molar refractivity (Wildman–Crippen MR) is 97.3 cm³/mol. The third-order valence-electron chi connectivity index (χ3n) is 6.57. The van der Waals surface area contributed by atoms with Gasteiger partial charge < -0.3 is 5.11 Å². The standard InChI is InChI=1S/C22H26O3/c1-4-14-11-15-7-8-16(23)12-18(15)20(24)13-17(14)19-9-10-21(25)22(19,5-2)6-3/h2,7-8,12,14,17,19,23H,4,6,9-11,13H2,1,3H3. The van der Waals surface area contributed by atoms with Crippen molar-refractivity contribution in [1.29, 1.82) is 0 Å². The number of hydrogen-bond donors (Lipinski definition) is 1. The van der Waals surface area contributed by atoms with E-state index in [1.807, 2.05) is 13.0 Å². The number of Topliss-reactive ketones (excluding diaryl/α,β-unsaturated/α-hetero) is 2. The fourth-order valence-corrected chi connectivity index (χ4v) is 5.14. The maximum Gasteiger partial charge on any atom is 0.163 e. The molecule has 0 aromatic heterocycles. The monoisotopic (exact) mass is 338 g/mol. The van der Waals surface area contributed by atoms with Crippen molar-refractivity contribution in [2.75, 3.05) is 0 Å². The average Bonchev–Trinajstić information content (AvgIpc) is 2.87. The van der Waals surface area contributed by atoms with Crippen molar-refractivity contribution in [3.63, 3.8) is 0 Å². The van der Waals surface area contributed by atoms with Gasteiger partial charge in [-0.3, -0.25) is 9.59 Å². The molecule has 3 heteroatoms. The Morgan fingerprint density at radius 3 is 2.68 bits per heavy atom. The Morgan fingerprint density at radius 2 is 2.04 bits per heavy atom. The van der Waals surface area contributed by atoms with Crippen molar-refractivity contribution in [1.82, 2.24) is 0 Å². The summed E-state index contributed by atoms with van der Waals surface area (Å²) in [6.45, 7) is 4.14. The summed E-state index contributed by atoms with van der Waals surface area (Å²) in [6, 6.07) is 5.10. The molecule has 1 aromatic carbocycles. The lowest BCUT2D eigenvalue weighted by Crippen LogP contribution is -2.38. The topological polar surface area (TPSA) is 54.4 Å². The predicted octanol–water partition coefficient (Wildman–Crippen LogP) is 4.17. The SMILES string of the molecule is C#CC1(CC)C(=O)CCC1C1CC(=O)c2cc(O)ccc2CC1CC. The second-order valence-electron chi connectivity index (χ2n) is 7.54. The number of benzene rings is 1. The molecule has 2 aliphatic rings. The van der Waals surface area contributed by atoms with Crippen LogP contribution in [0.1, 0.15) is 61.9 Å². The first-order valence-electron chi connectivity index (χ1n) is 9.33. The van der Waals surface area contributed by atoms with E-state index in [1.54, 1.807) is 12.1 Å². The van der Waals surface area contributed by atoms with Crippen LogP contribution in [0.5, 0.6) is 5.75 Å². The average molecular weight is 338 g/mol. The third kappa shape index (κ3) is 2.78. The highest BCUT2D eigenvalue weighted by molar-refractivity contribution is 5.98. The van der Waals surface area contributed by atoms with E-state index in [9.17, 15) is 14.7 Å². The molecule has 0 aliphatic heterocycles. The smallest absolute Gasteiger partial charge is 0.163 e. The van der Waals surface area contributed by atoms with Gasteiger partial charge in [0.2, 0.25) is 0 Å². The fourth-order valence-electron chi connectivity index (χ4n) is 5.14. The first-order chi connectivity index (χ1) is 12.0. The summed E-state index contributed by atoms with van der Waals surface area (Å²) in [5.41, 5.74) is 0.925. The summed E-state index contributed by atoms with van der Waals surface area (Å²) in [6.07, 6.45) is 9.96. The maximum absolute atomic E-state index is 12.9. The highest BCUT2D eigenvalue weighted by Gasteiger charge is 2.52. The molecule has 0 radical (unpaired) electrons. The van der Waals surface area contributed by atoms with E-state index in [1.165, 1.54) is 0 Å². The summed E-state index contributed by atoms with van der Waals surface area (Å²) in [7, 11) is 0. The van der Waals surface area contributed by atoms with Gasteiger partial charge in [0.1, 0.15) is 5.75 Å². The molecule has 0 spiro atoms. The number of phenols is 1. The molecule has 2 aliphatic carbocycles. The summed E-state index contributed by atoms with van der Waals surface area (Å²) in [4.78, 5) is 25.5. The Bertz CT molecular complexity index is 742. The molecule has 4 unspecified atom stereocenters. The lowest BCUT2D eigenvalue weighted by molar-refractivity contribution is -0.125. The number of phenolic OH excluding ortho intramolecular Hbond substituents is 1. The van der Waals surface area contributed by atoms with Crippen molar-refractivity contribution in [2.24, 2.45) is 23.2 Å². The number of ketones is 2. The molecule has 1 aromatic rings. The van der Waals surface area contributed by atoms with Crippen LogP contribution in [0.3, 0.4) is 0 Å². The van der Waals surface area contributed by atoms with E-state index in [4.69, 9.17) is 6.42 Å². The van der Waals surface area contributed by atoms with Crippen LogP contribution in [0.2, 0.25) is 0 Å². The molecule has 25 heavy (non-hydrogen) atoms. The van der Waals surface area contributed by atoms with Crippen molar-refractivity contribution in [3.8, 4) is 18.1 Å². The van der Waals surface area contributed by atoms with Crippen LogP contribution >= 0.6 is 0 Å². The number of aromatic hydroxyl groups is 1. The second-order valence-corrected chi connectivity index (χ2v) is 7.54. The second kappa shape index (κ2) is 6.67. The van der Waals surface area contributed by atoms with E-state index in [-0.39, 0.29) is 29.2 Å². The van der Waals surface area contributed by atoms with Gasteiger partial charge in [0.05, 0.1) is 5.41 Å². The summed E-state index contributed by atoms with van der Waals surface area (Å²) in [5, 5.41) is 9.77. The maximum atomic E-state index is 12.9. The molecule has 1 N–H and O–H groups in total. The van der Waals surface area contributed by atoms with Crippen molar-refractivity contribution < 1.29 is 14.7 Å². The number of carbonyl (C=O) groups is 2. The zero-order valence-corrected chi connectivity index (χ0v) is 15.0. The van der Waals surface area contributed by atoms with Crippen molar-refractivity contribution in [3.05, 3.63) is 29.3 Å². The Morgan fingerprint density at radius 1 is 1.28 bits per heavy atom. The van der Waals surface area contributed by atoms with Crippen LogP contribution in [-0.2, 0) is 11.2 Å². The minimum Gasteiger partial charge on any atom is -0.508 e. The van der Waals surface area contributed by atoms with Gasteiger partial charge in [0.25, 0.3) is 0 Å². The molecule has 0 heterocycles. The minimum atomic E-state index is -0.711. The lowest BCUT2D eigenvalue weighted by Gasteiger charge is -2.37. The lowest BCUT2D eigenvalue weighted by atomic mass is 9.64. The minimum absolute atomic E-state index is 0.0632. The Hall–Kier alpha value is -2.08. The molecule has 3 nitrogen and oxygen atoms in total. The highest BCUT2D eigenvalue weighted by Crippen LogP contribution is 2.51. The van der Waals surface area contributed by atoms with E-state index in [2.05, 4.69) is 12.8 Å². The summed E-state index contributed by atoms with van der Waals surface area (Å²) < 4.78 is 0. The quantitative estimate of drug-likeness (QED) is 0.665. The Labute approximate surface area is 149 Å². The Kier molecular flexibility index (Phi) is 4.73. The Balaban J connectivity index is 2.01. The molecule has 0 amide bonds. The zero-order chi connectivity index (χ0) is 18.2. The number of terminal acetylenes is 1. The van der Waals surface area contributed by atoms with Gasteiger partial charge in [-0.25, -0.2) is 0 Å². The normalized spacial score (nSPS) is 32.1. The van der Waals surface area contributed by atoms with Crippen LogP contribution < -0.4 is 0 Å². The van der Waals surface area contributed by atoms with Crippen LogP contribution in [0.4, 0.5) is 0 Å². The third-order valence-corrected chi connectivity index (χ3v) is 6.57. The largest absolute Gasteiger partial charge is 0.508 e. The fraction of sp³-hybridized carbons (Fsp3) is 0.545.